The summed E-state index contributed by atoms with van der Waals surface area (Å²) < 4.78 is 11.1. The molecule has 0 aliphatic carbocycles. The highest BCUT2D eigenvalue weighted by molar-refractivity contribution is 7.10. The smallest absolute Gasteiger partial charge is 0.251 e. The molecule has 1 aliphatic heterocycles. The Labute approximate surface area is 165 Å². The standard InChI is InChI=1S/C21H28N2O3S/c1-2-3-12-26-18-8-6-17(7-9-18)21(24)22-16-19(20-5-4-15-27-20)23-10-13-25-14-11-23/h4-9,15,19H,2-3,10-14,16H2,1H3,(H,22,24)/t19-/m1/s1. The summed E-state index contributed by atoms with van der Waals surface area (Å²) in [6.07, 6.45) is 2.14. The number of nitrogens with one attached hydrogen (secondary N) is 1. The van der Waals surface area contributed by atoms with E-state index in [0.29, 0.717) is 18.7 Å². The van der Waals surface area contributed by atoms with Gasteiger partial charge in [-0.15, -0.1) is 11.3 Å². The van der Waals surface area contributed by atoms with Crippen molar-refractivity contribution in [2.75, 3.05) is 39.5 Å². The predicted octanol–water partition coefficient (Wildman–Crippen LogP) is 3.73. The minimum atomic E-state index is -0.0510. The van der Waals surface area contributed by atoms with Crippen LogP contribution in [-0.2, 0) is 4.74 Å². The Kier molecular flexibility index (Phi) is 7.68. The van der Waals surface area contributed by atoms with Gasteiger partial charge < -0.3 is 14.8 Å². The molecule has 2 heterocycles. The number of morpholine rings is 1. The molecule has 1 amide bonds. The van der Waals surface area contributed by atoms with Gasteiger partial charge in [-0.25, -0.2) is 0 Å². The van der Waals surface area contributed by atoms with Crippen LogP contribution in [0.15, 0.2) is 41.8 Å². The molecule has 0 spiro atoms. The van der Waals surface area contributed by atoms with Gasteiger partial charge in [-0.3, -0.25) is 9.69 Å². The summed E-state index contributed by atoms with van der Waals surface area (Å²) in [6.45, 7) is 6.71. The Bertz CT molecular complexity index is 682. The summed E-state index contributed by atoms with van der Waals surface area (Å²) in [7, 11) is 0. The van der Waals surface area contributed by atoms with Crippen LogP contribution >= 0.6 is 11.3 Å². The van der Waals surface area contributed by atoms with Gasteiger partial charge in [0.1, 0.15) is 5.75 Å². The van der Waals surface area contributed by atoms with E-state index in [4.69, 9.17) is 9.47 Å². The van der Waals surface area contributed by atoms with Crippen LogP contribution in [0.4, 0.5) is 0 Å². The van der Waals surface area contributed by atoms with Gasteiger partial charge in [-0.1, -0.05) is 19.4 Å². The molecule has 1 fully saturated rings. The van der Waals surface area contributed by atoms with E-state index in [1.165, 1.54) is 4.88 Å². The minimum absolute atomic E-state index is 0.0510. The zero-order valence-electron chi connectivity index (χ0n) is 15.9. The summed E-state index contributed by atoms with van der Waals surface area (Å²) in [5.74, 6) is 0.759. The fourth-order valence-corrected chi connectivity index (χ4v) is 3.97. The summed E-state index contributed by atoms with van der Waals surface area (Å²) in [5.41, 5.74) is 0.657. The predicted molar refractivity (Wildman–Crippen MR) is 109 cm³/mol. The van der Waals surface area contributed by atoms with Gasteiger partial charge in [0.2, 0.25) is 0 Å². The summed E-state index contributed by atoms with van der Waals surface area (Å²) in [6, 6.07) is 11.8. The normalized spacial score (nSPS) is 16.0. The number of benzene rings is 1. The average Bonchev–Trinajstić information content (AvgIpc) is 3.24. The quantitative estimate of drug-likeness (QED) is 0.665. The molecule has 1 saturated heterocycles. The lowest BCUT2D eigenvalue weighted by molar-refractivity contribution is 0.0169. The van der Waals surface area contributed by atoms with Gasteiger partial charge in [-0.2, -0.15) is 0 Å². The van der Waals surface area contributed by atoms with Gasteiger partial charge in [0.05, 0.1) is 25.9 Å². The Morgan fingerprint density at radius 1 is 1.26 bits per heavy atom. The van der Waals surface area contributed by atoms with Crippen LogP contribution in [0.5, 0.6) is 5.75 Å². The second-order valence-corrected chi connectivity index (χ2v) is 7.60. The molecule has 1 aromatic carbocycles. The van der Waals surface area contributed by atoms with Crippen molar-refractivity contribution in [3.05, 3.63) is 52.2 Å². The molecule has 3 rings (SSSR count). The van der Waals surface area contributed by atoms with Gasteiger partial charge in [-0.05, 0) is 42.1 Å². The molecular formula is C21H28N2O3S. The lowest BCUT2D eigenvalue weighted by Crippen LogP contribution is -2.43. The van der Waals surface area contributed by atoms with E-state index in [9.17, 15) is 4.79 Å². The maximum atomic E-state index is 12.6. The number of ether oxygens (including phenoxy) is 2. The maximum absolute atomic E-state index is 12.6. The molecule has 1 N–H and O–H groups in total. The summed E-state index contributed by atoms with van der Waals surface area (Å²) in [4.78, 5) is 16.2. The molecule has 6 heteroatoms. The first-order valence-electron chi connectivity index (χ1n) is 9.64. The Morgan fingerprint density at radius 2 is 2.04 bits per heavy atom. The molecule has 1 atom stereocenters. The van der Waals surface area contributed by atoms with Crippen LogP contribution < -0.4 is 10.1 Å². The van der Waals surface area contributed by atoms with Crippen LogP contribution in [0.2, 0.25) is 0 Å². The average molecular weight is 389 g/mol. The number of rotatable bonds is 9. The van der Waals surface area contributed by atoms with Gasteiger partial charge in [0.25, 0.3) is 5.91 Å². The van der Waals surface area contributed by atoms with Gasteiger partial charge in [0.15, 0.2) is 0 Å². The van der Waals surface area contributed by atoms with Crippen molar-refractivity contribution in [3.63, 3.8) is 0 Å². The van der Waals surface area contributed by atoms with Crippen molar-refractivity contribution in [2.24, 2.45) is 0 Å². The third-order valence-electron chi connectivity index (χ3n) is 4.70. The van der Waals surface area contributed by atoms with Crippen molar-refractivity contribution in [3.8, 4) is 5.75 Å². The van der Waals surface area contributed by atoms with Crippen LogP contribution in [0.1, 0.15) is 41.0 Å². The Balaban J connectivity index is 1.57. The highest BCUT2D eigenvalue weighted by Crippen LogP contribution is 2.25. The molecule has 27 heavy (non-hydrogen) atoms. The van der Waals surface area contributed by atoms with E-state index in [1.807, 2.05) is 24.3 Å². The number of carbonyl (C=O) groups is 1. The van der Waals surface area contributed by atoms with E-state index in [2.05, 4.69) is 34.7 Å². The molecule has 0 unspecified atom stereocenters. The van der Waals surface area contributed by atoms with E-state index >= 15 is 0 Å². The molecule has 0 radical (unpaired) electrons. The monoisotopic (exact) mass is 388 g/mol. The second kappa shape index (κ2) is 10.4. The number of hydrogen-bond donors (Lipinski definition) is 1. The Morgan fingerprint density at radius 3 is 2.70 bits per heavy atom. The van der Waals surface area contributed by atoms with Crippen molar-refractivity contribution in [2.45, 2.75) is 25.8 Å². The van der Waals surface area contributed by atoms with Gasteiger partial charge in [0, 0.05) is 30.1 Å². The summed E-state index contributed by atoms with van der Waals surface area (Å²) >= 11 is 1.73. The van der Waals surface area contributed by atoms with Crippen LogP contribution in [0.3, 0.4) is 0 Å². The third-order valence-corrected chi connectivity index (χ3v) is 5.67. The molecule has 2 aromatic rings. The van der Waals surface area contributed by atoms with Crippen molar-refractivity contribution < 1.29 is 14.3 Å². The second-order valence-electron chi connectivity index (χ2n) is 6.62. The Hall–Kier alpha value is -1.89. The first-order chi connectivity index (χ1) is 13.3. The van der Waals surface area contributed by atoms with E-state index in [0.717, 1.165) is 44.9 Å². The fourth-order valence-electron chi connectivity index (χ4n) is 3.11. The minimum Gasteiger partial charge on any atom is -0.494 e. The van der Waals surface area contributed by atoms with E-state index in [1.54, 1.807) is 11.3 Å². The highest BCUT2D eigenvalue weighted by Gasteiger charge is 2.24. The largest absolute Gasteiger partial charge is 0.494 e. The van der Waals surface area contributed by atoms with Crippen molar-refractivity contribution in [1.82, 2.24) is 10.2 Å². The number of unbranched alkanes of at least 4 members (excludes halogenated alkanes) is 1. The lowest BCUT2D eigenvalue weighted by Gasteiger charge is -2.34. The summed E-state index contributed by atoms with van der Waals surface area (Å²) in [5, 5.41) is 5.19. The zero-order chi connectivity index (χ0) is 18.9. The van der Waals surface area contributed by atoms with Crippen LogP contribution in [0.25, 0.3) is 0 Å². The number of carbonyl (C=O) groups excluding carboxylic acids is 1. The number of nitrogens with zero attached hydrogens (tertiary/aromatic N) is 1. The van der Waals surface area contributed by atoms with Crippen molar-refractivity contribution >= 4 is 17.2 Å². The molecule has 1 aromatic heterocycles. The molecule has 146 valence electrons. The topological polar surface area (TPSA) is 50.8 Å². The zero-order valence-corrected chi connectivity index (χ0v) is 16.7. The van der Waals surface area contributed by atoms with E-state index in [-0.39, 0.29) is 11.9 Å². The van der Waals surface area contributed by atoms with E-state index < -0.39 is 0 Å². The maximum Gasteiger partial charge on any atom is 0.251 e. The lowest BCUT2D eigenvalue weighted by atomic mass is 10.1. The third kappa shape index (κ3) is 5.79. The number of amides is 1. The first kappa shape index (κ1) is 19.9. The molecular weight excluding hydrogens is 360 g/mol. The fraction of sp³-hybridized carbons (Fsp3) is 0.476. The highest BCUT2D eigenvalue weighted by atomic mass is 32.1. The number of thiophene rings is 1. The molecule has 5 nitrogen and oxygen atoms in total. The van der Waals surface area contributed by atoms with Crippen LogP contribution in [0, 0.1) is 0 Å². The molecule has 0 saturated carbocycles. The number of hydrogen-bond acceptors (Lipinski definition) is 5. The first-order valence-corrected chi connectivity index (χ1v) is 10.5. The molecule has 1 aliphatic rings. The van der Waals surface area contributed by atoms with Crippen molar-refractivity contribution in [1.29, 1.82) is 0 Å². The van der Waals surface area contributed by atoms with Crippen LogP contribution in [-0.4, -0.2) is 50.3 Å². The molecule has 0 bridgehead atoms. The van der Waals surface area contributed by atoms with Gasteiger partial charge >= 0.3 is 0 Å². The SMILES string of the molecule is CCCCOc1ccc(C(=O)NC[C@H](c2cccs2)N2CCOCC2)cc1.